The maximum Gasteiger partial charge on any atom is 0.264 e. The molecule has 3 aliphatic rings. The zero-order valence-corrected chi connectivity index (χ0v) is 27.3. The van der Waals surface area contributed by atoms with Crippen molar-refractivity contribution >= 4 is 31.5 Å². The molecular weight excluding hydrogens is 592 g/mol. The van der Waals surface area contributed by atoms with Crippen molar-refractivity contribution in [2.75, 3.05) is 43.2 Å². The third-order valence-electron chi connectivity index (χ3n) is 9.44. The highest BCUT2D eigenvalue weighted by atomic mass is 28.4. The summed E-state index contributed by atoms with van der Waals surface area (Å²) < 4.78 is 14.3. The molecule has 4 heterocycles. The molecule has 4 atom stereocenters. The Morgan fingerprint density at radius 1 is 1.20 bits per heavy atom. The number of rotatable bonds is 10. The van der Waals surface area contributed by atoms with Crippen molar-refractivity contribution in [1.82, 2.24) is 20.3 Å². The average Bonchev–Trinajstić information content (AvgIpc) is 3.66. The lowest BCUT2D eigenvalue weighted by Crippen LogP contribution is -2.48. The third kappa shape index (κ3) is 5.67. The molecule has 45 heavy (non-hydrogen) atoms. The van der Waals surface area contributed by atoms with Crippen LogP contribution >= 0.6 is 0 Å². The van der Waals surface area contributed by atoms with Gasteiger partial charge in [0.1, 0.15) is 5.75 Å². The van der Waals surface area contributed by atoms with E-state index >= 15 is 0 Å². The van der Waals surface area contributed by atoms with E-state index in [9.17, 15) is 19.5 Å². The molecule has 0 radical (unpaired) electrons. The molecule has 3 N–H and O–H groups in total. The number of aryl methyl sites for hydroxylation is 1. The second-order valence-corrected chi connectivity index (χ2v) is 16.7. The molecule has 1 aromatic heterocycles. The Hall–Kier alpha value is -3.62. The third-order valence-corrected chi connectivity index (χ3v) is 11.9. The standard InChI is InChI=1S/C32H42N6O6Si/c1-21-30(45(3,4)42)28(10-13-36-20-23(11-15-39)34-35-36)44-32(21)26-17-25(43-2)8-9-27(26)38(31(32)41)19-22-6-5-7-24(16-22)37-14-12-33-18-29(37)40/h5-9,16-17,20-21,28,30,33,39,42H,10-15,18-19H2,1-4H3/t21-,28+,30-,32+/m1/s1. The monoisotopic (exact) mass is 634 g/mol. The van der Waals surface area contributed by atoms with Crippen LogP contribution in [0.25, 0.3) is 0 Å². The Morgan fingerprint density at radius 3 is 2.76 bits per heavy atom. The Morgan fingerprint density at radius 2 is 2.02 bits per heavy atom. The number of hydrogen-bond donors (Lipinski definition) is 3. The van der Waals surface area contributed by atoms with E-state index in [0.717, 1.165) is 29.0 Å². The van der Waals surface area contributed by atoms with Gasteiger partial charge in [0.05, 0.1) is 37.7 Å². The van der Waals surface area contributed by atoms with Crippen LogP contribution in [0.4, 0.5) is 11.4 Å². The van der Waals surface area contributed by atoms with Crippen molar-refractivity contribution in [3.63, 3.8) is 0 Å². The molecule has 0 unspecified atom stereocenters. The normalized spacial score (nSPS) is 25.0. The minimum absolute atomic E-state index is 0.00349. The number of nitrogens with one attached hydrogen (secondary N) is 1. The Labute approximate surface area is 264 Å². The van der Waals surface area contributed by atoms with Gasteiger partial charge < -0.3 is 34.5 Å². The Kier molecular flexibility index (Phi) is 8.56. The molecule has 3 aromatic rings. The summed E-state index contributed by atoms with van der Waals surface area (Å²) in [5.74, 6) is 0.155. The quantitative estimate of drug-likeness (QED) is 0.286. The first-order chi connectivity index (χ1) is 21.6. The van der Waals surface area contributed by atoms with Gasteiger partial charge in [-0.1, -0.05) is 24.3 Å². The van der Waals surface area contributed by atoms with E-state index in [-0.39, 0.29) is 29.9 Å². The van der Waals surface area contributed by atoms with Crippen LogP contribution in [-0.4, -0.2) is 84.5 Å². The van der Waals surface area contributed by atoms with Crippen LogP contribution in [0.2, 0.25) is 18.6 Å². The number of hydrogen-bond acceptors (Lipinski definition) is 9. The molecule has 1 spiro atoms. The van der Waals surface area contributed by atoms with Crippen LogP contribution in [0.3, 0.4) is 0 Å². The van der Waals surface area contributed by atoms with Gasteiger partial charge in [-0.3, -0.25) is 14.3 Å². The van der Waals surface area contributed by atoms with Crippen molar-refractivity contribution < 1.29 is 29.0 Å². The number of aliphatic hydroxyl groups excluding tert-OH is 1. The lowest BCUT2D eigenvalue weighted by atomic mass is 9.82. The molecule has 12 nitrogen and oxygen atoms in total. The molecule has 2 saturated heterocycles. The van der Waals surface area contributed by atoms with E-state index in [4.69, 9.17) is 9.47 Å². The van der Waals surface area contributed by atoms with Crippen LogP contribution in [0.5, 0.6) is 5.75 Å². The molecule has 0 bridgehead atoms. The second-order valence-electron chi connectivity index (χ2n) is 12.8. The number of amides is 2. The summed E-state index contributed by atoms with van der Waals surface area (Å²) in [5.41, 5.74) is 2.36. The number of aromatic nitrogens is 3. The van der Waals surface area contributed by atoms with E-state index in [1.165, 1.54) is 0 Å². The summed E-state index contributed by atoms with van der Waals surface area (Å²) in [7, 11) is -1.24. The first-order valence-corrected chi connectivity index (χ1v) is 18.6. The Balaban J connectivity index is 1.34. The van der Waals surface area contributed by atoms with Crippen LogP contribution in [-0.2, 0) is 39.4 Å². The number of aliphatic hydroxyl groups is 1. The maximum absolute atomic E-state index is 14.8. The van der Waals surface area contributed by atoms with Crippen LogP contribution in [0.15, 0.2) is 48.7 Å². The number of benzene rings is 2. The molecule has 13 heteroatoms. The fourth-order valence-corrected chi connectivity index (χ4v) is 10.0. The molecule has 2 aromatic carbocycles. The van der Waals surface area contributed by atoms with Gasteiger partial charge in [-0.15, -0.1) is 5.10 Å². The second kappa shape index (κ2) is 12.3. The largest absolute Gasteiger partial charge is 0.497 e. The summed E-state index contributed by atoms with van der Waals surface area (Å²) in [5, 5.41) is 20.7. The number of carbonyl (C=O) groups is 2. The molecule has 3 aliphatic heterocycles. The lowest BCUT2D eigenvalue weighted by Gasteiger charge is -2.32. The molecule has 0 aliphatic carbocycles. The maximum atomic E-state index is 14.8. The van der Waals surface area contributed by atoms with Crippen molar-refractivity contribution in [3.8, 4) is 5.75 Å². The SMILES string of the molecule is COc1ccc2c(c1)[C@]1(O[C@@H](CCn3cc(CCO)nn3)[C@H]([Si](C)(C)O)[C@H]1C)C(=O)N2Cc1cccc(N2CCNCC2=O)c1. The van der Waals surface area contributed by atoms with Crippen LogP contribution in [0.1, 0.15) is 30.2 Å². The number of fused-ring (bicyclic) bond motifs is 2. The lowest BCUT2D eigenvalue weighted by molar-refractivity contribution is -0.146. The van der Waals surface area contributed by atoms with Crippen molar-refractivity contribution in [3.05, 3.63) is 65.5 Å². The summed E-state index contributed by atoms with van der Waals surface area (Å²) in [4.78, 5) is 42.5. The predicted octanol–water partition coefficient (Wildman–Crippen LogP) is 2.19. The number of anilines is 2. The van der Waals surface area contributed by atoms with Gasteiger partial charge in [0.15, 0.2) is 13.9 Å². The zero-order chi connectivity index (χ0) is 31.9. The molecule has 2 fully saturated rings. The van der Waals surface area contributed by atoms with Gasteiger partial charge in [-0.2, -0.15) is 0 Å². The Bertz CT molecular complexity index is 1580. The van der Waals surface area contributed by atoms with Gasteiger partial charge in [-0.25, -0.2) is 0 Å². The van der Waals surface area contributed by atoms with Gasteiger partial charge >= 0.3 is 0 Å². The zero-order valence-electron chi connectivity index (χ0n) is 26.3. The van der Waals surface area contributed by atoms with Crippen LogP contribution in [0, 0.1) is 5.92 Å². The van der Waals surface area contributed by atoms with E-state index in [2.05, 4.69) is 15.6 Å². The van der Waals surface area contributed by atoms with Crippen molar-refractivity contribution in [2.45, 2.75) is 63.2 Å². The fraction of sp³-hybridized carbons (Fsp3) is 0.500. The topological polar surface area (TPSA) is 142 Å². The minimum atomic E-state index is -2.84. The van der Waals surface area contributed by atoms with Crippen molar-refractivity contribution in [1.29, 1.82) is 0 Å². The number of ether oxygens (including phenoxy) is 2. The van der Waals surface area contributed by atoms with E-state index in [0.29, 0.717) is 50.5 Å². The highest BCUT2D eigenvalue weighted by Gasteiger charge is 2.66. The van der Waals surface area contributed by atoms with Crippen molar-refractivity contribution in [2.24, 2.45) is 5.92 Å². The number of nitrogens with zero attached hydrogens (tertiary/aromatic N) is 5. The van der Waals surface area contributed by atoms with Crippen LogP contribution < -0.4 is 19.9 Å². The summed E-state index contributed by atoms with van der Waals surface area (Å²) in [6.45, 7) is 8.23. The highest BCUT2D eigenvalue weighted by molar-refractivity contribution is 6.71. The molecule has 240 valence electrons. The van der Waals surface area contributed by atoms with Gasteiger partial charge in [0, 0.05) is 61.6 Å². The van der Waals surface area contributed by atoms with E-state index in [1.807, 2.05) is 68.7 Å². The molecule has 0 saturated carbocycles. The minimum Gasteiger partial charge on any atom is -0.497 e. The van der Waals surface area contributed by atoms with E-state index in [1.54, 1.807) is 21.6 Å². The number of methoxy groups -OCH3 is 1. The van der Waals surface area contributed by atoms with Gasteiger partial charge in [0.2, 0.25) is 5.91 Å². The smallest absolute Gasteiger partial charge is 0.264 e. The summed E-state index contributed by atoms with van der Waals surface area (Å²) in [6.07, 6.45) is 2.37. The van der Waals surface area contributed by atoms with Gasteiger partial charge in [0.25, 0.3) is 5.91 Å². The first kappa shape index (κ1) is 31.4. The number of piperazine rings is 1. The van der Waals surface area contributed by atoms with E-state index < -0.39 is 20.0 Å². The summed E-state index contributed by atoms with van der Waals surface area (Å²) >= 11 is 0. The number of carbonyl (C=O) groups excluding carboxylic acids is 2. The molecular formula is C32H42N6O6Si. The highest BCUT2D eigenvalue weighted by Crippen LogP contribution is 2.60. The summed E-state index contributed by atoms with van der Waals surface area (Å²) in [6, 6.07) is 13.4. The van der Waals surface area contributed by atoms with Gasteiger partial charge in [-0.05, 0) is 55.4 Å². The average molecular weight is 635 g/mol. The molecule has 6 rings (SSSR count). The predicted molar refractivity (Wildman–Crippen MR) is 170 cm³/mol. The molecule has 2 amide bonds. The fourth-order valence-electron chi connectivity index (χ4n) is 7.43. The first-order valence-electron chi connectivity index (χ1n) is 15.6.